The standard InChI is InChI=1S/C24H21F3N6O/c1-32(2)22(34)19-5-3-4-18-20(17-12-13-28-23(30-17)29-16-10-11-16)21(31-33(18)19)14-6-8-15(9-7-14)24(25,26)27/h3-9,12-13,16H,10-11H2,1-2H3,(H,28,29,30). The smallest absolute Gasteiger partial charge is 0.351 e. The van der Waals surface area contributed by atoms with Crippen LogP contribution in [0.3, 0.4) is 0 Å². The van der Waals surface area contributed by atoms with Crippen LogP contribution in [0.4, 0.5) is 19.1 Å². The number of carbonyl (C=O) groups is 1. The molecule has 0 atom stereocenters. The Kier molecular flexibility index (Phi) is 5.22. The number of nitrogens with one attached hydrogen (secondary N) is 1. The third-order valence-electron chi connectivity index (χ3n) is 5.59. The van der Waals surface area contributed by atoms with Gasteiger partial charge in [-0.1, -0.05) is 18.2 Å². The number of rotatable bonds is 5. The fourth-order valence-electron chi connectivity index (χ4n) is 3.71. The van der Waals surface area contributed by atoms with Crippen LogP contribution in [0.2, 0.25) is 0 Å². The molecule has 1 N–H and O–H groups in total. The average molecular weight is 466 g/mol. The Labute approximate surface area is 193 Å². The highest BCUT2D eigenvalue weighted by molar-refractivity contribution is 5.96. The number of alkyl halides is 3. The maximum absolute atomic E-state index is 13.1. The topological polar surface area (TPSA) is 75.4 Å². The quantitative estimate of drug-likeness (QED) is 0.459. The highest BCUT2D eigenvalue weighted by Gasteiger charge is 2.30. The van der Waals surface area contributed by atoms with Crippen LogP contribution >= 0.6 is 0 Å². The van der Waals surface area contributed by atoms with E-state index in [4.69, 9.17) is 0 Å². The van der Waals surface area contributed by atoms with Crippen LogP contribution in [0.15, 0.2) is 54.7 Å². The molecule has 0 aliphatic heterocycles. The molecule has 1 aromatic carbocycles. The zero-order valence-corrected chi connectivity index (χ0v) is 18.5. The first-order valence-corrected chi connectivity index (χ1v) is 10.7. The number of benzene rings is 1. The van der Waals surface area contributed by atoms with Crippen molar-refractivity contribution in [2.24, 2.45) is 0 Å². The minimum Gasteiger partial charge on any atom is -0.351 e. The van der Waals surface area contributed by atoms with E-state index < -0.39 is 11.7 Å². The lowest BCUT2D eigenvalue weighted by Gasteiger charge is -2.11. The molecule has 1 saturated carbocycles. The second-order valence-corrected chi connectivity index (χ2v) is 8.39. The van der Waals surface area contributed by atoms with Crippen molar-refractivity contribution in [3.05, 3.63) is 66.0 Å². The third-order valence-corrected chi connectivity index (χ3v) is 5.59. The summed E-state index contributed by atoms with van der Waals surface area (Å²) < 4.78 is 40.9. The van der Waals surface area contributed by atoms with E-state index in [0.29, 0.717) is 45.7 Å². The molecule has 0 unspecified atom stereocenters. The summed E-state index contributed by atoms with van der Waals surface area (Å²) in [6.07, 6.45) is -0.711. The van der Waals surface area contributed by atoms with Gasteiger partial charge in [-0.05, 0) is 43.2 Å². The minimum atomic E-state index is -4.44. The van der Waals surface area contributed by atoms with Gasteiger partial charge < -0.3 is 10.2 Å². The summed E-state index contributed by atoms with van der Waals surface area (Å²) in [6, 6.07) is 12.1. The molecule has 1 aliphatic carbocycles. The van der Waals surface area contributed by atoms with E-state index in [1.165, 1.54) is 21.5 Å². The summed E-state index contributed by atoms with van der Waals surface area (Å²) in [5, 5.41) is 7.92. The molecule has 5 rings (SSSR count). The van der Waals surface area contributed by atoms with E-state index in [0.717, 1.165) is 25.0 Å². The third kappa shape index (κ3) is 4.07. The fourth-order valence-corrected chi connectivity index (χ4v) is 3.71. The molecule has 7 nitrogen and oxygen atoms in total. The van der Waals surface area contributed by atoms with Crippen LogP contribution in [0, 0.1) is 0 Å². The molecule has 10 heteroatoms. The minimum absolute atomic E-state index is 0.252. The van der Waals surface area contributed by atoms with Crippen LogP contribution in [-0.4, -0.2) is 50.5 Å². The van der Waals surface area contributed by atoms with Crippen LogP contribution in [-0.2, 0) is 6.18 Å². The molecule has 1 fully saturated rings. The molecular formula is C24H21F3N6O. The van der Waals surface area contributed by atoms with E-state index in [1.807, 2.05) is 0 Å². The highest BCUT2D eigenvalue weighted by Crippen LogP contribution is 2.37. The summed E-state index contributed by atoms with van der Waals surface area (Å²) in [4.78, 5) is 23.2. The van der Waals surface area contributed by atoms with Gasteiger partial charge in [-0.2, -0.15) is 18.3 Å². The zero-order valence-electron chi connectivity index (χ0n) is 18.5. The number of halogens is 3. The van der Waals surface area contributed by atoms with Crippen LogP contribution in [0.25, 0.3) is 28.0 Å². The molecule has 0 bridgehead atoms. The zero-order chi connectivity index (χ0) is 24.0. The molecular weight excluding hydrogens is 445 g/mol. The lowest BCUT2D eigenvalue weighted by atomic mass is 10.0. The summed E-state index contributed by atoms with van der Waals surface area (Å²) in [6.45, 7) is 0. The lowest BCUT2D eigenvalue weighted by Crippen LogP contribution is -2.24. The van der Waals surface area contributed by atoms with Gasteiger partial charge in [-0.25, -0.2) is 14.5 Å². The first-order chi connectivity index (χ1) is 16.2. The fraction of sp³-hybridized carbons (Fsp3) is 0.250. The molecule has 1 amide bonds. The van der Waals surface area contributed by atoms with E-state index >= 15 is 0 Å². The summed E-state index contributed by atoms with van der Waals surface area (Å²) in [5.41, 5.74) is 2.25. The molecule has 3 aromatic heterocycles. The van der Waals surface area contributed by atoms with Crippen molar-refractivity contribution < 1.29 is 18.0 Å². The van der Waals surface area contributed by atoms with Gasteiger partial charge in [-0.15, -0.1) is 0 Å². The first kappa shape index (κ1) is 21.9. The van der Waals surface area contributed by atoms with E-state index in [1.54, 1.807) is 44.6 Å². The maximum atomic E-state index is 13.1. The first-order valence-electron chi connectivity index (χ1n) is 10.7. The van der Waals surface area contributed by atoms with E-state index in [-0.39, 0.29) is 5.91 Å². The normalized spacial score (nSPS) is 13.8. The van der Waals surface area contributed by atoms with Crippen molar-refractivity contribution in [2.75, 3.05) is 19.4 Å². The van der Waals surface area contributed by atoms with Gasteiger partial charge in [0.15, 0.2) is 0 Å². The van der Waals surface area contributed by atoms with Crippen LogP contribution in [0.1, 0.15) is 28.9 Å². The highest BCUT2D eigenvalue weighted by atomic mass is 19.4. The SMILES string of the molecule is CN(C)C(=O)c1cccc2c(-c3ccnc(NC4CC4)n3)c(-c3ccc(C(F)(F)F)cc3)nn12. The van der Waals surface area contributed by atoms with Gasteiger partial charge in [0.1, 0.15) is 11.4 Å². The molecule has 3 heterocycles. The summed E-state index contributed by atoms with van der Waals surface area (Å²) in [7, 11) is 3.28. The number of nitrogens with zero attached hydrogens (tertiary/aromatic N) is 5. The van der Waals surface area contributed by atoms with E-state index in [2.05, 4.69) is 20.4 Å². The van der Waals surface area contributed by atoms with Gasteiger partial charge in [0.25, 0.3) is 5.91 Å². The molecule has 4 aromatic rings. The number of hydrogen-bond acceptors (Lipinski definition) is 5. The monoisotopic (exact) mass is 466 g/mol. The Hall–Kier alpha value is -3.95. The molecule has 174 valence electrons. The predicted octanol–water partition coefficient (Wildman–Crippen LogP) is 4.75. The summed E-state index contributed by atoms with van der Waals surface area (Å²) in [5.74, 6) is 0.218. The van der Waals surface area contributed by atoms with Crippen molar-refractivity contribution >= 4 is 17.4 Å². The summed E-state index contributed by atoms with van der Waals surface area (Å²) >= 11 is 0. The molecule has 0 spiro atoms. The number of amides is 1. The van der Waals surface area contributed by atoms with Crippen LogP contribution < -0.4 is 5.32 Å². The Balaban J connectivity index is 1.72. The van der Waals surface area contributed by atoms with Crippen molar-refractivity contribution in [1.29, 1.82) is 0 Å². The largest absolute Gasteiger partial charge is 0.416 e. The Morgan fingerprint density at radius 2 is 1.82 bits per heavy atom. The van der Waals surface area contributed by atoms with Crippen molar-refractivity contribution in [2.45, 2.75) is 25.1 Å². The molecule has 1 aliphatic rings. The van der Waals surface area contributed by atoms with Crippen molar-refractivity contribution in [3.8, 4) is 22.5 Å². The number of pyridine rings is 1. The molecule has 0 radical (unpaired) electrons. The van der Waals surface area contributed by atoms with Crippen molar-refractivity contribution in [3.63, 3.8) is 0 Å². The van der Waals surface area contributed by atoms with Gasteiger partial charge >= 0.3 is 6.18 Å². The van der Waals surface area contributed by atoms with Gasteiger partial charge in [0.2, 0.25) is 5.95 Å². The van der Waals surface area contributed by atoms with E-state index in [9.17, 15) is 18.0 Å². The molecule has 0 saturated heterocycles. The second-order valence-electron chi connectivity index (χ2n) is 8.39. The number of aromatic nitrogens is 4. The lowest BCUT2D eigenvalue weighted by molar-refractivity contribution is -0.137. The maximum Gasteiger partial charge on any atom is 0.416 e. The van der Waals surface area contributed by atoms with Gasteiger partial charge in [-0.3, -0.25) is 4.79 Å². The Morgan fingerprint density at radius 1 is 1.09 bits per heavy atom. The predicted molar refractivity (Wildman–Crippen MR) is 121 cm³/mol. The second kappa shape index (κ2) is 8.12. The number of carbonyl (C=O) groups excluding carboxylic acids is 1. The number of hydrogen-bond donors (Lipinski definition) is 1. The number of anilines is 1. The Morgan fingerprint density at radius 3 is 2.47 bits per heavy atom. The molecule has 34 heavy (non-hydrogen) atoms. The van der Waals surface area contributed by atoms with Crippen molar-refractivity contribution in [1.82, 2.24) is 24.5 Å². The van der Waals surface area contributed by atoms with Crippen LogP contribution in [0.5, 0.6) is 0 Å². The average Bonchev–Trinajstić information content (AvgIpc) is 3.53. The van der Waals surface area contributed by atoms with Gasteiger partial charge in [0, 0.05) is 31.9 Å². The number of fused-ring (bicyclic) bond motifs is 1. The van der Waals surface area contributed by atoms with Gasteiger partial charge in [0.05, 0.1) is 22.3 Å². The Bertz CT molecular complexity index is 1370.